The van der Waals surface area contributed by atoms with Crippen LogP contribution in [0.15, 0.2) is 10.9 Å². The molecule has 1 saturated heterocycles. The van der Waals surface area contributed by atoms with E-state index in [4.69, 9.17) is 4.98 Å². The zero-order valence-corrected chi connectivity index (χ0v) is 18.9. The van der Waals surface area contributed by atoms with Gasteiger partial charge in [-0.15, -0.1) is 0 Å². The van der Waals surface area contributed by atoms with Gasteiger partial charge >= 0.3 is 0 Å². The molecule has 172 valence electrons. The third kappa shape index (κ3) is 3.84. The minimum Gasteiger partial charge on any atom is -0.342 e. The van der Waals surface area contributed by atoms with Gasteiger partial charge in [-0.3, -0.25) is 19.5 Å². The van der Waals surface area contributed by atoms with Crippen molar-refractivity contribution in [2.75, 3.05) is 19.6 Å². The molecule has 1 atom stereocenters. The maximum atomic E-state index is 13.2. The lowest BCUT2D eigenvalue weighted by molar-refractivity contribution is -0.137. The summed E-state index contributed by atoms with van der Waals surface area (Å²) in [6, 6.07) is 1.98. The van der Waals surface area contributed by atoms with E-state index in [2.05, 4.69) is 5.10 Å². The number of aromatic amines is 1. The fraction of sp³-hybridized carbons (Fsp3) is 0.667. The van der Waals surface area contributed by atoms with Gasteiger partial charge in [-0.25, -0.2) is 9.50 Å². The van der Waals surface area contributed by atoms with Crippen LogP contribution in [0.1, 0.15) is 81.2 Å². The number of hydrogen-bond acceptors (Lipinski definition) is 4. The normalized spacial score (nSPS) is 22.2. The number of aromatic nitrogens is 3. The van der Waals surface area contributed by atoms with Crippen molar-refractivity contribution in [3.05, 3.63) is 33.4 Å². The summed E-state index contributed by atoms with van der Waals surface area (Å²) in [6.07, 6.45) is 8.64. The van der Waals surface area contributed by atoms with Gasteiger partial charge in [0, 0.05) is 56.1 Å². The molecule has 0 aromatic carbocycles. The highest BCUT2D eigenvalue weighted by Gasteiger charge is 2.31. The Morgan fingerprint density at radius 2 is 1.91 bits per heavy atom. The van der Waals surface area contributed by atoms with Gasteiger partial charge in [0.15, 0.2) is 5.65 Å². The first-order valence-electron chi connectivity index (χ1n) is 12.2. The number of hydrogen-bond donors (Lipinski definition) is 1. The molecule has 2 aromatic heterocycles. The fourth-order valence-corrected chi connectivity index (χ4v) is 5.68. The number of nitrogens with one attached hydrogen (secondary N) is 1. The second-order valence-corrected chi connectivity index (χ2v) is 9.62. The van der Waals surface area contributed by atoms with Crippen molar-refractivity contribution >= 4 is 17.5 Å². The predicted octanol–water partition coefficient (Wildman–Crippen LogP) is 2.60. The minimum atomic E-state index is -0.115. The van der Waals surface area contributed by atoms with E-state index >= 15 is 0 Å². The third-order valence-corrected chi connectivity index (χ3v) is 7.56. The SMILES string of the molecule is CCC(=O)N1CCc2nc3cc([C@H]4CCCN(C(=O)C5CCCCC5)C4)[nH]n3c(=O)c2C1. The lowest BCUT2D eigenvalue weighted by Crippen LogP contribution is -2.43. The van der Waals surface area contributed by atoms with Crippen molar-refractivity contribution < 1.29 is 9.59 Å². The van der Waals surface area contributed by atoms with Gasteiger partial charge in [0.2, 0.25) is 11.8 Å². The summed E-state index contributed by atoms with van der Waals surface area (Å²) in [4.78, 5) is 46.9. The van der Waals surface area contributed by atoms with Crippen LogP contribution in [0.25, 0.3) is 5.65 Å². The first-order valence-corrected chi connectivity index (χ1v) is 12.2. The molecule has 1 N–H and O–H groups in total. The number of rotatable bonds is 3. The lowest BCUT2D eigenvalue weighted by atomic mass is 9.87. The first-order chi connectivity index (χ1) is 15.5. The van der Waals surface area contributed by atoms with E-state index in [-0.39, 0.29) is 23.3 Å². The standard InChI is InChI=1S/C24H33N5O3/c1-2-22(30)27-12-10-19-18(15-27)24(32)29-21(25-19)13-20(26-29)17-9-6-11-28(14-17)23(31)16-7-4-3-5-8-16/h13,16-17,26H,2-12,14-15H2,1H3/t17-/m0/s1. The van der Waals surface area contributed by atoms with Crippen LogP contribution in [0.4, 0.5) is 0 Å². The molecular weight excluding hydrogens is 406 g/mol. The molecule has 4 heterocycles. The average molecular weight is 440 g/mol. The summed E-state index contributed by atoms with van der Waals surface area (Å²) < 4.78 is 1.52. The largest absolute Gasteiger partial charge is 0.342 e. The molecule has 1 saturated carbocycles. The molecule has 3 aliphatic rings. The van der Waals surface area contributed by atoms with Gasteiger partial charge in [0.25, 0.3) is 5.56 Å². The number of piperidine rings is 1. The molecule has 0 unspecified atom stereocenters. The summed E-state index contributed by atoms with van der Waals surface area (Å²) in [5.41, 5.74) is 2.91. The lowest BCUT2D eigenvalue weighted by Gasteiger charge is -2.35. The predicted molar refractivity (Wildman–Crippen MR) is 120 cm³/mol. The number of H-pyrrole nitrogens is 1. The molecule has 8 heteroatoms. The van der Waals surface area contributed by atoms with Gasteiger partial charge in [0.05, 0.1) is 17.8 Å². The van der Waals surface area contributed by atoms with E-state index < -0.39 is 0 Å². The van der Waals surface area contributed by atoms with Crippen LogP contribution in [0, 0.1) is 5.92 Å². The Kier molecular flexibility index (Phi) is 5.78. The van der Waals surface area contributed by atoms with Gasteiger partial charge < -0.3 is 9.80 Å². The Bertz CT molecular complexity index is 1080. The summed E-state index contributed by atoms with van der Waals surface area (Å²) >= 11 is 0. The number of fused-ring (bicyclic) bond motifs is 2. The topological polar surface area (TPSA) is 90.8 Å². The second-order valence-electron chi connectivity index (χ2n) is 9.62. The molecule has 0 bridgehead atoms. The quantitative estimate of drug-likeness (QED) is 0.796. The van der Waals surface area contributed by atoms with E-state index in [0.717, 1.165) is 56.5 Å². The molecule has 2 aliphatic heterocycles. The summed E-state index contributed by atoms with van der Waals surface area (Å²) in [5, 5.41) is 3.28. The van der Waals surface area contributed by atoms with Gasteiger partial charge in [0.1, 0.15) is 0 Å². The van der Waals surface area contributed by atoms with Crippen molar-refractivity contribution in [3.8, 4) is 0 Å². The highest BCUT2D eigenvalue weighted by molar-refractivity contribution is 5.79. The highest BCUT2D eigenvalue weighted by atomic mass is 16.2. The minimum absolute atomic E-state index is 0.0669. The van der Waals surface area contributed by atoms with Crippen LogP contribution in [0.2, 0.25) is 0 Å². The number of likely N-dealkylation sites (tertiary alicyclic amines) is 1. The van der Waals surface area contributed by atoms with Crippen molar-refractivity contribution in [2.24, 2.45) is 5.92 Å². The second kappa shape index (κ2) is 8.71. The van der Waals surface area contributed by atoms with Crippen molar-refractivity contribution in [3.63, 3.8) is 0 Å². The summed E-state index contributed by atoms with van der Waals surface area (Å²) in [7, 11) is 0. The van der Waals surface area contributed by atoms with E-state index in [1.165, 1.54) is 10.9 Å². The van der Waals surface area contributed by atoms with Crippen LogP contribution in [0.5, 0.6) is 0 Å². The van der Waals surface area contributed by atoms with Crippen LogP contribution in [-0.2, 0) is 22.6 Å². The molecule has 2 fully saturated rings. The molecular formula is C24H33N5O3. The molecule has 1 aliphatic carbocycles. The van der Waals surface area contributed by atoms with Crippen LogP contribution in [0.3, 0.4) is 0 Å². The first kappa shape index (κ1) is 21.2. The fourth-order valence-electron chi connectivity index (χ4n) is 5.68. The maximum absolute atomic E-state index is 13.2. The van der Waals surface area contributed by atoms with Crippen LogP contribution in [-0.4, -0.2) is 55.8 Å². The summed E-state index contributed by atoms with van der Waals surface area (Å²) in [6.45, 7) is 4.32. The molecule has 32 heavy (non-hydrogen) atoms. The van der Waals surface area contributed by atoms with Gasteiger partial charge in [-0.1, -0.05) is 26.2 Å². The number of carbonyl (C=O) groups is 2. The molecule has 8 nitrogen and oxygen atoms in total. The van der Waals surface area contributed by atoms with Crippen molar-refractivity contribution in [1.29, 1.82) is 0 Å². The van der Waals surface area contributed by atoms with E-state index in [1.807, 2.05) is 17.9 Å². The number of carbonyl (C=O) groups excluding carboxylic acids is 2. The average Bonchev–Trinajstić information content (AvgIpc) is 3.28. The third-order valence-electron chi connectivity index (χ3n) is 7.56. The molecule has 0 spiro atoms. The van der Waals surface area contributed by atoms with Gasteiger partial charge in [-0.05, 0) is 25.7 Å². The number of nitrogens with zero attached hydrogens (tertiary/aromatic N) is 4. The summed E-state index contributed by atoms with van der Waals surface area (Å²) in [5.74, 6) is 0.761. The Morgan fingerprint density at radius 1 is 1.09 bits per heavy atom. The smallest absolute Gasteiger partial charge is 0.277 e. The van der Waals surface area contributed by atoms with E-state index in [9.17, 15) is 14.4 Å². The Balaban J connectivity index is 1.38. The molecule has 2 aromatic rings. The maximum Gasteiger partial charge on any atom is 0.277 e. The van der Waals surface area contributed by atoms with Crippen molar-refractivity contribution in [1.82, 2.24) is 24.4 Å². The van der Waals surface area contributed by atoms with E-state index in [0.29, 0.717) is 49.6 Å². The van der Waals surface area contributed by atoms with Gasteiger partial charge in [-0.2, -0.15) is 0 Å². The molecule has 5 rings (SSSR count). The zero-order chi connectivity index (χ0) is 22.2. The zero-order valence-electron chi connectivity index (χ0n) is 18.9. The van der Waals surface area contributed by atoms with Crippen LogP contribution < -0.4 is 5.56 Å². The highest BCUT2D eigenvalue weighted by Crippen LogP contribution is 2.31. The van der Waals surface area contributed by atoms with Crippen molar-refractivity contribution in [2.45, 2.75) is 77.2 Å². The van der Waals surface area contributed by atoms with Crippen LogP contribution >= 0.6 is 0 Å². The number of amides is 2. The van der Waals surface area contributed by atoms with E-state index in [1.54, 1.807) is 4.90 Å². The molecule has 0 radical (unpaired) electrons. The Labute approximate surface area is 188 Å². The Morgan fingerprint density at radius 3 is 2.69 bits per heavy atom. The monoisotopic (exact) mass is 439 g/mol. The molecule has 2 amide bonds. The Hall–Kier alpha value is -2.64.